The van der Waals surface area contributed by atoms with Gasteiger partial charge < -0.3 is 5.32 Å². The molecule has 1 aliphatic carbocycles. The predicted octanol–water partition coefficient (Wildman–Crippen LogP) is 5.10. The van der Waals surface area contributed by atoms with Crippen LogP contribution >= 0.6 is 11.8 Å². The summed E-state index contributed by atoms with van der Waals surface area (Å²) < 4.78 is 0. The molecule has 0 heterocycles. The third-order valence-corrected chi connectivity index (χ3v) is 5.05. The van der Waals surface area contributed by atoms with Crippen LogP contribution in [0.1, 0.15) is 52.5 Å². The van der Waals surface area contributed by atoms with E-state index in [1.807, 2.05) is 0 Å². The van der Waals surface area contributed by atoms with E-state index in [2.05, 4.69) is 63.5 Å². The maximum absolute atomic E-state index is 3.78. The fourth-order valence-corrected chi connectivity index (χ4v) is 4.40. The molecule has 1 aliphatic rings. The molecule has 0 unspecified atom stereocenters. The summed E-state index contributed by atoms with van der Waals surface area (Å²) in [6, 6.07) is 9.58. The highest BCUT2D eigenvalue weighted by Gasteiger charge is 2.37. The van der Waals surface area contributed by atoms with Crippen LogP contribution in [-0.4, -0.2) is 12.3 Å². The number of benzene rings is 1. The van der Waals surface area contributed by atoms with Gasteiger partial charge in [0, 0.05) is 17.5 Å². The Kier molecular flexibility index (Phi) is 4.86. The van der Waals surface area contributed by atoms with Crippen molar-refractivity contribution in [3.8, 4) is 0 Å². The summed E-state index contributed by atoms with van der Waals surface area (Å²) in [7, 11) is 0. The van der Waals surface area contributed by atoms with Gasteiger partial charge in [0.25, 0.3) is 0 Å². The van der Waals surface area contributed by atoms with Crippen molar-refractivity contribution in [3.63, 3.8) is 0 Å². The molecule has 0 atom stereocenters. The van der Waals surface area contributed by atoms with Gasteiger partial charge in [-0.1, -0.05) is 39.8 Å². The van der Waals surface area contributed by atoms with Crippen LogP contribution in [0, 0.1) is 10.8 Å². The maximum atomic E-state index is 3.78. The van der Waals surface area contributed by atoms with Gasteiger partial charge in [-0.2, -0.15) is 0 Å². The Morgan fingerprint density at radius 1 is 1.05 bits per heavy atom. The van der Waals surface area contributed by atoms with Gasteiger partial charge in [0.05, 0.1) is 0 Å². The highest BCUT2D eigenvalue weighted by Crippen LogP contribution is 2.45. The third-order valence-electron chi connectivity index (χ3n) is 4.31. The topological polar surface area (TPSA) is 12.0 Å². The van der Waals surface area contributed by atoms with Crippen LogP contribution in [0.2, 0.25) is 0 Å². The molecule has 20 heavy (non-hydrogen) atoms. The molecule has 1 saturated carbocycles. The number of nitrogens with one attached hydrogen (secondary N) is 1. The quantitative estimate of drug-likeness (QED) is 0.774. The minimum absolute atomic E-state index is 0.460. The lowest BCUT2D eigenvalue weighted by Crippen LogP contribution is -2.43. The summed E-state index contributed by atoms with van der Waals surface area (Å²) >= 11 is 1.80. The van der Waals surface area contributed by atoms with Crippen molar-refractivity contribution < 1.29 is 0 Å². The van der Waals surface area contributed by atoms with E-state index >= 15 is 0 Å². The molecule has 2 heteroatoms. The zero-order valence-electron chi connectivity index (χ0n) is 13.6. The van der Waals surface area contributed by atoms with Crippen molar-refractivity contribution in [2.24, 2.45) is 10.8 Å². The van der Waals surface area contributed by atoms with Gasteiger partial charge in [0.1, 0.15) is 0 Å². The van der Waals surface area contributed by atoms with E-state index in [9.17, 15) is 0 Å². The lowest BCUT2D eigenvalue weighted by Gasteiger charge is -2.45. The Hall–Kier alpha value is -0.470. The Morgan fingerprint density at radius 2 is 1.60 bits per heavy atom. The lowest BCUT2D eigenvalue weighted by molar-refractivity contribution is 0.0845. The molecule has 0 spiro atoms. The van der Waals surface area contributed by atoms with Gasteiger partial charge in [-0.05, 0) is 54.0 Å². The Bertz CT molecular complexity index is 417. The fourth-order valence-electron chi connectivity index (χ4n) is 4.00. The summed E-state index contributed by atoms with van der Waals surface area (Å²) in [5, 5.41) is 3.78. The molecule has 0 amide bonds. The average molecular weight is 292 g/mol. The van der Waals surface area contributed by atoms with Gasteiger partial charge >= 0.3 is 0 Å². The predicted molar refractivity (Wildman–Crippen MR) is 90.3 cm³/mol. The molecule has 0 bridgehead atoms. The van der Waals surface area contributed by atoms with Crippen LogP contribution in [0.15, 0.2) is 29.2 Å². The zero-order valence-corrected chi connectivity index (χ0v) is 14.4. The standard InChI is InChI=1S/C18H29NS/c1-17(2)10-15(11-18(3,4)13-17)19-12-14-6-8-16(20-5)9-7-14/h6-9,15,19H,10-13H2,1-5H3. The smallest absolute Gasteiger partial charge is 0.0208 e. The molecule has 112 valence electrons. The summed E-state index contributed by atoms with van der Waals surface area (Å²) in [5.41, 5.74) is 2.31. The van der Waals surface area contributed by atoms with Crippen molar-refractivity contribution in [2.45, 2.75) is 64.4 Å². The van der Waals surface area contributed by atoms with E-state index in [4.69, 9.17) is 0 Å². The van der Waals surface area contributed by atoms with E-state index in [0.29, 0.717) is 16.9 Å². The summed E-state index contributed by atoms with van der Waals surface area (Å²) in [4.78, 5) is 1.34. The molecule has 0 saturated heterocycles. The molecule has 0 aliphatic heterocycles. The second-order valence-electron chi connectivity index (χ2n) is 7.84. The first kappa shape index (κ1) is 15.9. The highest BCUT2D eigenvalue weighted by molar-refractivity contribution is 7.98. The molecule has 2 rings (SSSR count). The number of hydrogen-bond acceptors (Lipinski definition) is 2. The van der Waals surface area contributed by atoms with Crippen LogP contribution in [0.25, 0.3) is 0 Å². The summed E-state index contributed by atoms with van der Waals surface area (Å²) in [6.07, 6.45) is 6.04. The molecule has 0 aromatic heterocycles. The van der Waals surface area contributed by atoms with E-state index < -0.39 is 0 Å². The molecule has 1 nitrogen and oxygen atoms in total. The lowest BCUT2D eigenvalue weighted by atomic mass is 9.63. The molecular formula is C18H29NS. The van der Waals surface area contributed by atoms with Gasteiger partial charge in [-0.15, -0.1) is 11.8 Å². The second kappa shape index (κ2) is 6.11. The first-order valence-corrected chi connectivity index (χ1v) is 8.88. The minimum atomic E-state index is 0.460. The van der Waals surface area contributed by atoms with Crippen LogP contribution in [0.4, 0.5) is 0 Å². The van der Waals surface area contributed by atoms with Gasteiger partial charge in [-0.25, -0.2) is 0 Å². The first-order chi connectivity index (χ1) is 9.30. The van der Waals surface area contributed by atoms with Crippen LogP contribution in [0.3, 0.4) is 0 Å². The zero-order chi connectivity index (χ0) is 14.8. The van der Waals surface area contributed by atoms with Crippen LogP contribution in [-0.2, 0) is 6.54 Å². The number of thioether (sulfide) groups is 1. The van der Waals surface area contributed by atoms with Crippen molar-refractivity contribution in [1.82, 2.24) is 5.32 Å². The fraction of sp³-hybridized carbons (Fsp3) is 0.667. The van der Waals surface area contributed by atoms with Crippen LogP contribution < -0.4 is 5.32 Å². The van der Waals surface area contributed by atoms with Crippen molar-refractivity contribution in [1.29, 1.82) is 0 Å². The molecule has 1 fully saturated rings. The highest BCUT2D eigenvalue weighted by atomic mass is 32.2. The largest absolute Gasteiger partial charge is 0.310 e. The van der Waals surface area contributed by atoms with E-state index in [1.165, 1.54) is 29.7 Å². The average Bonchev–Trinajstić information content (AvgIpc) is 2.33. The van der Waals surface area contributed by atoms with Crippen molar-refractivity contribution >= 4 is 11.8 Å². The van der Waals surface area contributed by atoms with E-state index in [1.54, 1.807) is 11.8 Å². The third kappa shape index (κ3) is 4.53. The molecule has 1 aromatic carbocycles. The number of hydrogen-bond donors (Lipinski definition) is 1. The first-order valence-electron chi connectivity index (χ1n) is 7.66. The number of rotatable bonds is 4. The Morgan fingerprint density at radius 3 is 2.10 bits per heavy atom. The van der Waals surface area contributed by atoms with Gasteiger partial charge in [0.2, 0.25) is 0 Å². The SMILES string of the molecule is CSc1ccc(CNC2CC(C)(C)CC(C)(C)C2)cc1. The van der Waals surface area contributed by atoms with Gasteiger partial charge in [0.15, 0.2) is 0 Å². The summed E-state index contributed by atoms with van der Waals surface area (Å²) in [6.45, 7) is 10.6. The van der Waals surface area contributed by atoms with E-state index in [0.717, 1.165) is 6.54 Å². The monoisotopic (exact) mass is 291 g/mol. The van der Waals surface area contributed by atoms with Crippen molar-refractivity contribution in [3.05, 3.63) is 29.8 Å². The molecular weight excluding hydrogens is 262 g/mol. The van der Waals surface area contributed by atoms with E-state index in [-0.39, 0.29) is 0 Å². The normalized spacial score (nSPS) is 21.9. The van der Waals surface area contributed by atoms with Gasteiger partial charge in [-0.3, -0.25) is 0 Å². The maximum Gasteiger partial charge on any atom is 0.0208 e. The Balaban J connectivity index is 1.92. The van der Waals surface area contributed by atoms with Crippen LogP contribution in [0.5, 0.6) is 0 Å². The molecule has 0 radical (unpaired) electrons. The summed E-state index contributed by atoms with van der Waals surface area (Å²) in [5.74, 6) is 0. The Labute approximate surface area is 128 Å². The minimum Gasteiger partial charge on any atom is -0.310 e. The second-order valence-corrected chi connectivity index (χ2v) is 8.72. The molecule has 1 aromatic rings. The molecule has 1 N–H and O–H groups in total. The van der Waals surface area contributed by atoms with Crippen molar-refractivity contribution in [2.75, 3.05) is 6.26 Å².